The summed E-state index contributed by atoms with van der Waals surface area (Å²) in [7, 11) is 0. The van der Waals surface area contributed by atoms with E-state index in [4.69, 9.17) is 0 Å². The molecule has 4 rings (SSSR count). The smallest absolute Gasteiger partial charge is 0.257 e. The van der Waals surface area contributed by atoms with Crippen LogP contribution in [0, 0.1) is 12.7 Å². The van der Waals surface area contributed by atoms with E-state index in [0.29, 0.717) is 30.3 Å². The van der Waals surface area contributed by atoms with Gasteiger partial charge < -0.3 is 15.1 Å². The van der Waals surface area contributed by atoms with Gasteiger partial charge in [0, 0.05) is 49.9 Å². The summed E-state index contributed by atoms with van der Waals surface area (Å²) in [6, 6.07) is 14.3. The summed E-state index contributed by atoms with van der Waals surface area (Å²) >= 11 is 0. The number of hydrogen-bond donors (Lipinski definition) is 1. The number of halogens is 1. The van der Waals surface area contributed by atoms with Crippen molar-refractivity contribution in [1.82, 2.24) is 14.9 Å². The van der Waals surface area contributed by atoms with Crippen molar-refractivity contribution >= 4 is 23.2 Å². The lowest BCUT2D eigenvalue weighted by molar-refractivity contribution is 0.0746. The van der Waals surface area contributed by atoms with Gasteiger partial charge in [0.15, 0.2) is 0 Å². The van der Waals surface area contributed by atoms with Crippen molar-refractivity contribution in [2.45, 2.75) is 6.92 Å². The Labute approximate surface area is 169 Å². The molecule has 0 radical (unpaired) electrons. The molecule has 1 amide bonds. The highest BCUT2D eigenvalue weighted by molar-refractivity contribution is 5.94. The fourth-order valence-electron chi connectivity index (χ4n) is 3.34. The molecule has 6 nitrogen and oxygen atoms in total. The van der Waals surface area contributed by atoms with Gasteiger partial charge in [-0.1, -0.05) is 12.1 Å². The van der Waals surface area contributed by atoms with Crippen LogP contribution in [0.2, 0.25) is 0 Å². The van der Waals surface area contributed by atoms with E-state index in [2.05, 4.69) is 51.4 Å². The monoisotopic (exact) mass is 391 g/mol. The summed E-state index contributed by atoms with van der Waals surface area (Å²) in [4.78, 5) is 25.3. The van der Waals surface area contributed by atoms with Gasteiger partial charge in [-0.15, -0.1) is 0 Å². The highest BCUT2D eigenvalue weighted by Crippen LogP contribution is 2.19. The molecule has 0 aliphatic carbocycles. The molecule has 1 aliphatic rings. The van der Waals surface area contributed by atoms with Crippen LogP contribution in [0.25, 0.3) is 0 Å². The molecule has 1 fully saturated rings. The lowest BCUT2D eigenvalue weighted by atomic mass is 10.2. The SMILES string of the molecule is Cc1cccc(N2CCN(C(=O)c3cnc(Nc4ccc(F)cc4)nc3)CC2)c1. The highest BCUT2D eigenvalue weighted by atomic mass is 19.1. The van der Waals surface area contributed by atoms with Gasteiger partial charge in [0.05, 0.1) is 5.56 Å². The largest absolute Gasteiger partial charge is 0.368 e. The fraction of sp³-hybridized carbons (Fsp3) is 0.227. The van der Waals surface area contributed by atoms with Crippen molar-refractivity contribution in [3.63, 3.8) is 0 Å². The van der Waals surface area contributed by atoms with E-state index in [1.807, 2.05) is 4.90 Å². The molecule has 148 valence electrons. The topological polar surface area (TPSA) is 61.4 Å². The van der Waals surface area contributed by atoms with Crippen LogP contribution in [0.3, 0.4) is 0 Å². The summed E-state index contributed by atoms with van der Waals surface area (Å²) in [5.41, 5.74) is 3.56. The second kappa shape index (κ2) is 8.26. The van der Waals surface area contributed by atoms with Gasteiger partial charge in [-0.05, 0) is 48.9 Å². The van der Waals surface area contributed by atoms with Gasteiger partial charge in [-0.3, -0.25) is 4.79 Å². The second-order valence-corrected chi connectivity index (χ2v) is 7.05. The second-order valence-electron chi connectivity index (χ2n) is 7.05. The number of aromatic nitrogens is 2. The number of aryl methyl sites for hydroxylation is 1. The third-order valence-corrected chi connectivity index (χ3v) is 4.93. The number of nitrogens with zero attached hydrogens (tertiary/aromatic N) is 4. The first-order valence-electron chi connectivity index (χ1n) is 9.54. The molecule has 3 aromatic rings. The van der Waals surface area contributed by atoms with Gasteiger partial charge in [0.1, 0.15) is 5.82 Å². The Balaban J connectivity index is 1.35. The predicted molar refractivity (Wildman–Crippen MR) is 111 cm³/mol. The van der Waals surface area contributed by atoms with Crippen LogP contribution >= 0.6 is 0 Å². The standard InChI is InChI=1S/C22H22FN5O/c1-16-3-2-4-20(13-16)27-9-11-28(12-10-27)21(29)17-14-24-22(25-15-17)26-19-7-5-18(23)6-8-19/h2-8,13-15H,9-12H2,1H3,(H,24,25,26). The first kappa shape index (κ1) is 18.9. The molecule has 0 bridgehead atoms. The molecule has 1 aliphatic heterocycles. The van der Waals surface area contributed by atoms with E-state index in [1.54, 1.807) is 12.1 Å². The Kier molecular flexibility index (Phi) is 5.37. The predicted octanol–water partition coefficient (Wildman–Crippen LogP) is 3.63. The molecule has 1 aromatic heterocycles. The minimum Gasteiger partial charge on any atom is -0.368 e. The van der Waals surface area contributed by atoms with Crippen molar-refractivity contribution < 1.29 is 9.18 Å². The Morgan fingerprint density at radius 2 is 1.69 bits per heavy atom. The van der Waals surface area contributed by atoms with Crippen LogP contribution in [0.15, 0.2) is 60.9 Å². The molecule has 1 saturated heterocycles. The molecule has 7 heteroatoms. The summed E-state index contributed by atoms with van der Waals surface area (Å²) < 4.78 is 13.0. The van der Waals surface area contributed by atoms with E-state index in [9.17, 15) is 9.18 Å². The van der Waals surface area contributed by atoms with Crippen molar-refractivity contribution in [1.29, 1.82) is 0 Å². The zero-order valence-corrected chi connectivity index (χ0v) is 16.2. The van der Waals surface area contributed by atoms with Crippen molar-refractivity contribution in [2.24, 2.45) is 0 Å². The molecule has 0 spiro atoms. The molecular weight excluding hydrogens is 369 g/mol. The van der Waals surface area contributed by atoms with E-state index in [1.165, 1.54) is 35.8 Å². The van der Waals surface area contributed by atoms with E-state index < -0.39 is 0 Å². The highest BCUT2D eigenvalue weighted by Gasteiger charge is 2.23. The quantitative estimate of drug-likeness (QED) is 0.736. The summed E-state index contributed by atoms with van der Waals surface area (Å²) in [5.74, 6) is -0.0143. The molecule has 0 saturated carbocycles. The number of nitrogens with one attached hydrogen (secondary N) is 1. The average Bonchev–Trinajstić information content (AvgIpc) is 2.75. The molecule has 2 heterocycles. The number of carbonyl (C=O) groups is 1. The number of piperazine rings is 1. The van der Waals surface area contributed by atoms with Crippen LogP contribution < -0.4 is 10.2 Å². The third-order valence-electron chi connectivity index (χ3n) is 4.93. The van der Waals surface area contributed by atoms with Crippen LogP contribution in [0.1, 0.15) is 15.9 Å². The maximum absolute atomic E-state index is 13.0. The minimum atomic E-state index is -0.306. The van der Waals surface area contributed by atoms with E-state index >= 15 is 0 Å². The lowest BCUT2D eigenvalue weighted by Crippen LogP contribution is -2.48. The molecule has 1 N–H and O–H groups in total. The summed E-state index contributed by atoms with van der Waals surface area (Å²) in [5, 5.41) is 2.98. The van der Waals surface area contributed by atoms with Crippen molar-refractivity contribution in [2.75, 3.05) is 36.4 Å². The normalized spacial score (nSPS) is 14.0. The number of carbonyl (C=O) groups excluding carboxylic acids is 1. The van der Waals surface area contributed by atoms with Gasteiger partial charge in [0.2, 0.25) is 5.95 Å². The number of amides is 1. The number of hydrogen-bond acceptors (Lipinski definition) is 5. The maximum atomic E-state index is 13.0. The van der Waals surface area contributed by atoms with Gasteiger partial charge in [-0.2, -0.15) is 0 Å². The van der Waals surface area contributed by atoms with Gasteiger partial charge in [-0.25, -0.2) is 14.4 Å². The number of benzene rings is 2. The molecular formula is C22H22FN5O. The zero-order chi connectivity index (χ0) is 20.2. The first-order valence-corrected chi connectivity index (χ1v) is 9.54. The first-order chi connectivity index (χ1) is 14.1. The average molecular weight is 391 g/mol. The van der Waals surface area contributed by atoms with E-state index in [0.717, 1.165) is 13.1 Å². The molecule has 29 heavy (non-hydrogen) atoms. The van der Waals surface area contributed by atoms with Crippen molar-refractivity contribution in [3.8, 4) is 0 Å². The lowest BCUT2D eigenvalue weighted by Gasteiger charge is -2.36. The van der Waals surface area contributed by atoms with E-state index in [-0.39, 0.29) is 11.7 Å². The molecule has 0 unspecified atom stereocenters. The third kappa shape index (κ3) is 4.51. The van der Waals surface area contributed by atoms with Gasteiger partial charge in [0.25, 0.3) is 5.91 Å². The van der Waals surface area contributed by atoms with Crippen LogP contribution in [0.5, 0.6) is 0 Å². The van der Waals surface area contributed by atoms with Crippen molar-refractivity contribution in [3.05, 3.63) is 77.9 Å². The number of rotatable bonds is 4. The molecule has 0 atom stereocenters. The Bertz CT molecular complexity index is 983. The Hall–Kier alpha value is -3.48. The Morgan fingerprint density at radius 3 is 2.34 bits per heavy atom. The zero-order valence-electron chi connectivity index (χ0n) is 16.2. The number of anilines is 3. The van der Waals surface area contributed by atoms with Crippen LogP contribution in [0.4, 0.5) is 21.7 Å². The Morgan fingerprint density at radius 1 is 1.00 bits per heavy atom. The minimum absolute atomic E-state index is 0.0674. The summed E-state index contributed by atoms with van der Waals surface area (Å²) in [6.45, 7) is 4.98. The van der Waals surface area contributed by atoms with Crippen LogP contribution in [-0.2, 0) is 0 Å². The summed E-state index contributed by atoms with van der Waals surface area (Å²) in [6.07, 6.45) is 3.04. The molecule has 2 aromatic carbocycles. The van der Waals surface area contributed by atoms with Gasteiger partial charge >= 0.3 is 0 Å². The van der Waals surface area contributed by atoms with Crippen LogP contribution in [-0.4, -0.2) is 47.0 Å². The maximum Gasteiger partial charge on any atom is 0.257 e. The fourth-order valence-corrected chi connectivity index (χ4v) is 3.34.